The van der Waals surface area contributed by atoms with Crippen LogP contribution in [0.4, 0.5) is 5.82 Å². The number of methoxy groups -OCH3 is 1. The number of aromatic nitrogens is 2. The maximum Gasteiger partial charge on any atom is 0.258 e. The Morgan fingerprint density at radius 2 is 1.92 bits per heavy atom. The lowest BCUT2D eigenvalue weighted by molar-refractivity contribution is 0.102. The van der Waals surface area contributed by atoms with Gasteiger partial charge in [-0.15, -0.1) is 0 Å². The molecule has 0 atom stereocenters. The van der Waals surface area contributed by atoms with E-state index in [0.29, 0.717) is 22.9 Å². The Hall–Kier alpha value is -2.79. The molecule has 2 aromatic carbocycles. The smallest absolute Gasteiger partial charge is 0.258 e. The van der Waals surface area contributed by atoms with Gasteiger partial charge in [-0.3, -0.25) is 4.79 Å². The number of hydrogen-bond donors (Lipinski definition) is 1. The molecule has 0 fully saturated rings. The van der Waals surface area contributed by atoms with Gasteiger partial charge in [0.1, 0.15) is 11.6 Å². The minimum absolute atomic E-state index is 0.267. The highest BCUT2D eigenvalue weighted by Gasteiger charge is 2.12. The molecule has 1 amide bonds. The normalized spacial score (nSPS) is 10.4. The summed E-state index contributed by atoms with van der Waals surface area (Å²) in [6.45, 7) is 0.537. The molecular formula is C18H16ClN3O2. The Bertz CT molecular complexity index is 843. The van der Waals surface area contributed by atoms with E-state index in [4.69, 9.17) is 16.3 Å². The molecule has 3 aromatic rings. The average Bonchev–Trinajstić information content (AvgIpc) is 3.02. The molecule has 0 aliphatic heterocycles. The topological polar surface area (TPSA) is 56.1 Å². The van der Waals surface area contributed by atoms with Gasteiger partial charge in [-0.2, -0.15) is 5.10 Å². The summed E-state index contributed by atoms with van der Waals surface area (Å²) in [5, 5.41) is 7.52. The molecule has 122 valence electrons. The molecule has 0 saturated heterocycles. The summed E-state index contributed by atoms with van der Waals surface area (Å²) in [5.41, 5.74) is 1.48. The molecule has 0 aliphatic rings. The summed E-state index contributed by atoms with van der Waals surface area (Å²) >= 11 is 6.06. The number of ether oxygens (including phenoxy) is 1. The number of rotatable bonds is 5. The van der Waals surface area contributed by atoms with E-state index < -0.39 is 0 Å². The summed E-state index contributed by atoms with van der Waals surface area (Å²) < 4.78 is 6.87. The maximum absolute atomic E-state index is 12.4. The minimum Gasteiger partial charge on any atom is -0.497 e. The lowest BCUT2D eigenvalue weighted by atomic mass is 10.2. The molecule has 0 bridgehead atoms. The van der Waals surface area contributed by atoms with Crippen LogP contribution in [0.3, 0.4) is 0 Å². The van der Waals surface area contributed by atoms with Crippen molar-refractivity contribution in [2.45, 2.75) is 6.54 Å². The first-order chi connectivity index (χ1) is 11.7. The lowest BCUT2D eigenvalue weighted by Crippen LogP contribution is -2.16. The van der Waals surface area contributed by atoms with Crippen LogP contribution in [0.1, 0.15) is 15.9 Å². The molecular weight excluding hydrogens is 326 g/mol. The van der Waals surface area contributed by atoms with Crippen molar-refractivity contribution < 1.29 is 9.53 Å². The molecule has 3 rings (SSSR count). The fourth-order valence-electron chi connectivity index (χ4n) is 2.30. The SMILES string of the molecule is COc1ccc(Cn2nccc2NC(=O)c2ccccc2Cl)cc1. The Labute approximate surface area is 144 Å². The van der Waals surface area contributed by atoms with Crippen LogP contribution in [0.5, 0.6) is 5.75 Å². The van der Waals surface area contributed by atoms with Gasteiger partial charge >= 0.3 is 0 Å². The number of amides is 1. The zero-order valence-electron chi connectivity index (χ0n) is 13.1. The fourth-order valence-corrected chi connectivity index (χ4v) is 2.52. The molecule has 0 spiro atoms. The summed E-state index contributed by atoms with van der Waals surface area (Å²) in [4.78, 5) is 12.4. The van der Waals surface area contributed by atoms with Crippen molar-refractivity contribution in [3.05, 3.63) is 76.9 Å². The summed E-state index contributed by atoms with van der Waals surface area (Å²) in [6, 6.07) is 16.4. The van der Waals surface area contributed by atoms with Gasteiger partial charge in [-0.05, 0) is 29.8 Å². The van der Waals surface area contributed by atoms with E-state index in [-0.39, 0.29) is 5.91 Å². The second-order valence-corrected chi connectivity index (χ2v) is 5.56. The van der Waals surface area contributed by atoms with Crippen LogP contribution in [0.2, 0.25) is 5.02 Å². The van der Waals surface area contributed by atoms with Crippen molar-refractivity contribution in [1.29, 1.82) is 0 Å². The van der Waals surface area contributed by atoms with Crippen LogP contribution in [-0.2, 0) is 6.54 Å². The van der Waals surface area contributed by atoms with Crippen LogP contribution >= 0.6 is 11.6 Å². The predicted molar refractivity (Wildman–Crippen MR) is 93.7 cm³/mol. The largest absolute Gasteiger partial charge is 0.497 e. The molecule has 0 aliphatic carbocycles. The average molecular weight is 342 g/mol. The molecule has 1 aromatic heterocycles. The summed E-state index contributed by atoms with van der Waals surface area (Å²) in [7, 11) is 1.63. The molecule has 6 heteroatoms. The van der Waals surface area contributed by atoms with Crippen molar-refractivity contribution in [3.63, 3.8) is 0 Å². The highest BCUT2D eigenvalue weighted by atomic mass is 35.5. The van der Waals surface area contributed by atoms with Gasteiger partial charge in [0.15, 0.2) is 0 Å². The lowest BCUT2D eigenvalue weighted by Gasteiger charge is -2.10. The second kappa shape index (κ2) is 7.19. The van der Waals surface area contributed by atoms with E-state index in [9.17, 15) is 4.79 Å². The summed E-state index contributed by atoms with van der Waals surface area (Å²) in [5.74, 6) is 1.14. The number of anilines is 1. The number of hydrogen-bond acceptors (Lipinski definition) is 3. The first-order valence-corrected chi connectivity index (χ1v) is 7.76. The highest BCUT2D eigenvalue weighted by Crippen LogP contribution is 2.18. The molecule has 0 radical (unpaired) electrons. The van der Waals surface area contributed by atoms with Crippen LogP contribution in [0.25, 0.3) is 0 Å². The molecule has 24 heavy (non-hydrogen) atoms. The number of carbonyl (C=O) groups excluding carboxylic acids is 1. The standard InChI is InChI=1S/C18H16ClN3O2/c1-24-14-8-6-13(7-9-14)12-22-17(10-11-20-22)21-18(23)15-4-2-3-5-16(15)19/h2-11H,12H2,1H3,(H,21,23). The van der Waals surface area contributed by atoms with Crippen LogP contribution in [0.15, 0.2) is 60.8 Å². The molecule has 0 unspecified atom stereocenters. The van der Waals surface area contributed by atoms with Crippen molar-refractivity contribution in [2.75, 3.05) is 12.4 Å². The van der Waals surface area contributed by atoms with E-state index in [2.05, 4.69) is 10.4 Å². The number of carbonyl (C=O) groups is 1. The molecule has 0 saturated carbocycles. The van der Waals surface area contributed by atoms with Crippen molar-refractivity contribution in [1.82, 2.24) is 9.78 Å². The van der Waals surface area contributed by atoms with E-state index >= 15 is 0 Å². The Morgan fingerprint density at radius 1 is 1.17 bits per heavy atom. The zero-order valence-corrected chi connectivity index (χ0v) is 13.8. The first kappa shape index (κ1) is 16.1. The van der Waals surface area contributed by atoms with Crippen LogP contribution in [-0.4, -0.2) is 22.8 Å². The van der Waals surface area contributed by atoms with Crippen LogP contribution < -0.4 is 10.1 Å². The Balaban J connectivity index is 1.75. The van der Waals surface area contributed by atoms with Crippen molar-refractivity contribution in [2.24, 2.45) is 0 Å². The van der Waals surface area contributed by atoms with Gasteiger partial charge in [0.25, 0.3) is 5.91 Å². The number of nitrogens with one attached hydrogen (secondary N) is 1. The van der Waals surface area contributed by atoms with E-state index in [1.807, 2.05) is 24.3 Å². The molecule has 1 N–H and O–H groups in total. The highest BCUT2D eigenvalue weighted by molar-refractivity contribution is 6.34. The predicted octanol–water partition coefficient (Wildman–Crippen LogP) is 3.85. The minimum atomic E-state index is -0.267. The molecule has 5 nitrogen and oxygen atoms in total. The van der Waals surface area contributed by atoms with E-state index in [1.165, 1.54) is 0 Å². The third-order valence-corrected chi connectivity index (χ3v) is 3.90. The Morgan fingerprint density at radius 3 is 2.62 bits per heavy atom. The number of nitrogens with zero attached hydrogens (tertiary/aromatic N) is 2. The fraction of sp³-hybridized carbons (Fsp3) is 0.111. The molecule has 1 heterocycles. The number of benzene rings is 2. The van der Waals surface area contributed by atoms with Crippen molar-refractivity contribution in [3.8, 4) is 5.75 Å². The third-order valence-electron chi connectivity index (χ3n) is 3.57. The monoisotopic (exact) mass is 341 g/mol. The van der Waals surface area contributed by atoms with Gasteiger partial charge in [-0.25, -0.2) is 4.68 Å². The first-order valence-electron chi connectivity index (χ1n) is 7.38. The van der Waals surface area contributed by atoms with E-state index in [1.54, 1.807) is 48.3 Å². The van der Waals surface area contributed by atoms with Gasteiger partial charge in [0.2, 0.25) is 0 Å². The van der Waals surface area contributed by atoms with Gasteiger partial charge < -0.3 is 10.1 Å². The third kappa shape index (κ3) is 3.58. The second-order valence-electron chi connectivity index (χ2n) is 5.16. The Kier molecular flexibility index (Phi) is 4.82. The maximum atomic E-state index is 12.4. The summed E-state index contributed by atoms with van der Waals surface area (Å²) in [6.07, 6.45) is 1.64. The zero-order chi connectivity index (χ0) is 16.9. The quantitative estimate of drug-likeness (QED) is 0.767. The van der Waals surface area contributed by atoms with Gasteiger partial charge in [0, 0.05) is 6.07 Å². The van der Waals surface area contributed by atoms with Gasteiger partial charge in [0.05, 0.1) is 30.4 Å². The van der Waals surface area contributed by atoms with Crippen molar-refractivity contribution >= 4 is 23.3 Å². The number of halogens is 1. The van der Waals surface area contributed by atoms with Crippen LogP contribution in [0, 0.1) is 0 Å². The van der Waals surface area contributed by atoms with E-state index in [0.717, 1.165) is 11.3 Å². The van der Waals surface area contributed by atoms with Gasteiger partial charge in [-0.1, -0.05) is 35.9 Å².